The summed E-state index contributed by atoms with van der Waals surface area (Å²) in [5.41, 5.74) is 0.532. The maximum atomic E-state index is 12.8. The summed E-state index contributed by atoms with van der Waals surface area (Å²) in [5.74, 6) is -1.13. The summed E-state index contributed by atoms with van der Waals surface area (Å²) in [7, 11) is 0. The maximum Gasteiger partial charge on any atom is 0.521 e. The van der Waals surface area contributed by atoms with E-state index in [-0.39, 0.29) is 24.2 Å². The van der Waals surface area contributed by atoms with Gasteiger partial charge in [-0.25, -0.2) is 4.79 Å². The number of ketones is 1. The van der Waals surface area contributed by atoms with Crippen LogP contribution in [0.3, 0.4) is 0 Å². The molecule has 0 bridgehead atoms. The molecular formula is C17H21BrNO4+. The van der Waals surface area contributed by atoms with Crippen LogP contribution in [0.2, 0.25) is 0 Å². The molecule has 1 aliphatic rings. The summed E-state index contributed by atoms with van der Waals surface area (Å²) in [6.07, 6.45) is 0.348. The fourth-order valence-corrected chi connectivity index (χ4v) is 3.56. The fourth-order valence-electron chi connectivity index (χ4n) is 3.30. The minimum absolute atomic E-state index is 0.0282. The van der Waals surface area contributed by atoms with Gasteiger partial charge in [-0.1, -0.05) is 28.1 Å². The number of benzene rings is 1. The Bertz CT molecular complexity index is 628. The van der Waals surface area contributed by atoms with Gasteiger partial charge < -0.3 is 5.11 Å². The molecule has 5 nitrogen and oxygen atoms in total. The van der Waals surface area contributed by atoms with Gasteiger partial charge in [0.1, 0.15) is 6.04 Å². The molecular weight excluding hydrogens is 362 g/mol. The molecule has 124 valence electrons. The molecule has 0 spiro atoms. The molecule has 0 radical (unpaired) electrons. The number of imide groups is 1. The van der Waals surface area contributed by atoms with E-state index in [4.69, 9.17) is 0 Å². The van der Waals surface area contributed by atoms with E-state index in [2.05, 4.69) is 15.9 Å². The van der Waals surface area contributed by atoms with Crippen LogP contribution in [0.4, 0.5) is 4.79 Å². The number of hydrogen-bond donors (Lipinski definition) is 1. The molecule has 1 heterocycles. The van der Waals surface area contributed by atoms with Crippen LogP contribution in [0.25, 0.3) is 0 Å². The van der Waals surface area contributed by atoms with E-state index in [1.165, 1.54) is 0 Å². The van der Waals surface area contributed by atoms with Crippen molar-refractivity contribution < 1.29 is 24.0 Å². The van der Waals surface area contributed by atoms with E-state index in [9.17, 15) is 19.5 Å². The molecule has 1 N–H and O–H groups in total. The van der Waals surface area contributed by atoms with Gasteiger partial charge in [-0.15, -0.1) is 0 Å². The predicted molar refractivity (Wildman–Crippen MR) is 89.1 cm³/mol. The van der Waals surface area contributed by atoms with Crippen molar-refractivity contribution in [2.75, 3.05) is 6.54 Å². The number of quaternary nitrogens is 1. The lowest BCUT2D eigenvalue weighted by molar-refractivity contribution is -0.794. The molecule has 2 unspecified atom stereocenters. The van der Waals surface area contributed by atoms with Crippen molar-refractivity contribution in [2.45, 2.75) is 39.2 Å². The molecule has 6 heteroatoms. The quantitative estimate of drug-likeness (QED) is 0.633. The number of likely N-dealkylation sites (tertiary alicyclic amines) is 1. The number of rotatable bonds is 4. The normalized spacial score (nSPS) is 25.1. The van der Waals surface area contributed by atoms with E-state index in [0.717, 1.165) is 4.47 Å². The number of nitrogens with zero attached hydrogens (tertiary/aromatic N) is 1. The molecule has 0 aliphatic carbocycles. The first-order valence-corrected chi connectivity index (χ1v) is 8.52. The largest absolute Gasteiger partial charge is 0.521 e. The van der Waals surface area contributed by atoms with E-state index < -0.39 is 16.5 Å². The Labute approximate surface area is 144 Å². The van der Waals surface area contributed by atoms with Crippen LogP contribution >= 0.6 is 15.9 Å². The van der Waals surface area contributed by atoms with E-state index in [0.29, 0.717) is 24.9 Å². The number of hydrogen-bond acceptors (Lipinski definition) is 3. The van der Waals surface area contributed by atoms with E-state index >= 15 is 0 Å². The average Bonchev–Trinajstić information content (AvgIpc) is 2.89. The lowest BCUT2D eigenvalue weighted by Crippen LogP contribution is -2.60. The van der Waals surface area contributed by atoms with Gasteiger partial charge in [0, 0.05) is 29.3 Å². The molecule has 1 fully saturated rings. The van der Waals surface area contributed by atoms with Gasteiger partial charge in [0.2, 0.25) is 0 Å². The highest BCUT2D eigenvalue weighted by atomic mass is 79.9. The predicted octanol–water partition coefficient (Wildman–Crippen LogP) is 3.86. The minimum Gasteiger partial charge on any atom is -0.435 e. The zero-order chi connectivity index (χ0) is 17.2. The van der Waals surface area contributed by atoms with Gasteiger partial charge in [0.05, 0.1) is 12.5 Å². The Morgan fingerprint density at radius 2 is 1.91 bits per heavy atom. The van der Waals surface area contributed by atoms with Crippen molar-refractivity contribution in [3.8, 4) is 0 Å². The fraction of sp³-hybridized carbons (Fsp3) is 0.471. The molecule has 23 heavy (non-hydrogen) atoms. The molecule has 1 aromatic carbocycles. The van der Waals surface area contributed by atoms with Crippen molar-refractivity contribution in [1.82, 2.24) is 0 Å². The van der Waals surface area contributed by atoms with Gasteiger partial charge in [-0.3, -0.25) is 4.79 Å². The Kier molecular flexibility index (Phi) is 5.37. The summed E-state index contributed by atoms with van der Waals surface area (Å²) in [4.78, 5) is 36.8. The van der Waals surface area contributed by atoms with Crippen molar-refractivity contribution in [3.63, 3.8) is 0 Å². The van der Waals surface area contributed by atoms with Crippen LogP contribution in [0.1, 0.15) is 43.5 Å². The summed E-state index contributed by atoms with van der Waals surface area (Å²) in [6.45, 7) is 3.75. The smallest absolute Gasteiger partial charge is 0.435 e. The van der Waals surface area contributed by atoms with Gasteiger partial charge in [-0.2, -0.15) is 9.28 Å². The third-order valence-electron chi connectivity index (χ3n) is 4.70. The molecule has 0 saturated carbocycles. The summed E-state index contributed by atoms with van der Waals surface area (Å²) in [6, 6.07) is 6.69. The van der Waals surface area contributed by atoms with Gasteiger partial charge in [0.25, 0.3) is 0 Å². The highest BCUT2D eigenvalue weighted by molar-refractivity contribution is 9.10. The van der Waals surface area contributed by atoms with Crippen LogP contribution in [-0.4, -0.2) is 40.0 Å². The lowest BCUT2D eigenvalue weighted by atomic mass is 9.97. The summed E-state index contributed by atoms with van der Waals surface area (Å²) < 4.78 is 0.328. The standard InChI is InChI=1S/C17H20BrNO4/c1-11(10-15(20)13-5-7-14(18)8-6-13)16(21)19(17(22)23)9-3-4-12(19)2/h5-8,11-12H,3-4,9-10H2,1-2H3/p+1/t11?,12-,19?/m1/s1. The number of amides is 2. The first kappa shape index (κ1) is 17.8. The molecule has 1 aromatic rings. The number of carboxylic acid groups (broad SMARTS) is 1. The van der Waals surface area contributed by atoms with Crippen molar-refractivity contribution in [3.05, 3.63) is 34.3 Å². The minimum atomic E-state index is -1.11. The number of halogens is 1. The van der Waals surface area contributed by atoms with Crippen molar-refractivity contribution in [1.29, 1.82) is 0 Å². The molecule has 1 saturated heterocycles. The Hall–Kier alpha value is -1.53. The Balaban J connectivity index is 2.14. The number of carbonyl (C=O) groups excluding carboxylic acids is 2. The molecule has 2 rings (SSSR count). The highest BCUT2D eigenvalue weighted by Gasteiger charge is 2.54. The maximum absolute atomic E-state index is 12.8. The van der Waals surface area contributed by atoms with Crippen molar-refractivity contribution in [2.24, 2.45) is 5.92 Å². The third kappa shape index (κ3) is 3.38. The van der Waals surface area contributed by atoms with Crippen molar-refractivity contribution >= 4 is 33.7 Å². The highest BCUT2D eigenvalue weighted by Crippen LogP contribution is 2.31. The summed E-state index contributed by atoms with van der Waals surface area (Å²) in [5, 5.41) is 9.60. The average molecular weight is 383 g/mol. The van der Waals surface area contributed by atoms with Crippen LogP contribution in [0.5, 0.6) is 0 Å². The van der Waals surface area contributed by atoms with Crippen LogP contribution in [-0.2, 0) is 4.79 Å². The van der Waals surface area contributed by atoms with Crippen LogP contribution < -0.4 is 0 Å². The zero-order valence-corrected chi connectivity index (χ0v) is 14.9. The SMILES string of the molecule is CC(CC(=O)c1ccc(Br)cc1)C(=O)[N+]1(C(=O)O)CCC[C@H]1C. The first-order valence-electron chi connectivity index (χ1n) is 7.73. The monoisotopic (exact) mass is 382 g/mol. The number of carbonyl (C=O) groups is 3. The second-order valence-corrected chi connectivity index (χ2v) is 7.16. The Morgan fingerprint density at radius 3 is 2.39 bits per heavy atom. The summed E-state index contributed by atoms with van der Waals surface area (Å²) >= 11 is 3.31. The second kappa shape index (κ2) is 6.93. The second-order valence-electron chi connectivity index (χ2n) is 6.24. The van der Waals surface area contributed by atoms with Crippen LogP contribution in [0, 0.1) is 5.92 Å². The lowest BCUT2D eigenvalue weighted by Gasteiger charge is -2.31. The topological polar surface area (TPSA) is 71.4 Å². The van der Waals surface area contributed by atoms with E-state index in [1.54, 1.807) is 38.1 Å². The third-order valence-corrected chi connectivity index (χ3v) is 5.23. The molecule has 3 atom stereocenters. The van der Waals surface area contributed by atoms with Crippen LogP contribution in [0.15, 0.2) is 28.7 Å². The molecule has 0 aromatic heterocycles. The van der Waals surface area contributed by atoms with Gasteiger partial charge >= 0.3 is 12.0 Å². The van der Waals surface area contributed by atoms with E-state index in [1.807, 2.05) is 0 Å². The first-order chi connectivity index (χ1) is 10.8. The molecule has 1 aliphatic heterocycles. The number of Topliss-reactive ketones (excluding diaryl/α,β-unsaturated/α-hetero) is 1. The van der Waals surface area contributed by atoms with Gasteiger partial charge in [-0.05, 0) is 26.0 Å². The zero-order valence-electron chi connectivity index (χ0n) is 13.3. The van der Waals surface area contributed by atoms with Gasteiger partial charge in [0.15, 0.2) is 5.78 Å². The Morgan fingerprint density at radius 1 is 1.30 bits per heavy atom. The molecule has 2 amide bonds.